The molecule has 9 heteroatoms. The SMILES string of the molecule is CCOC(=O)C1=C(C)N=c2sc(=Cc3c(OC)ccc4ccccc34)c(=O)n2C1c1ccc2c(c1)OCO2. The minimum atomic E-state index is -0.739. The van der Waals surface area contributed by atoms with E-state index in [0.29, 0.717) is 43.4 Å². The first-order valence-corrected chi connectivity index (χ1v) is 13.0. The van der Waals surface area contributed by atoms with Gasteiger partial charge in [0.25, 0.3) is 5.56 Å². The van der Waals surface area contributed by atoms with E-state index in [0.717, 1.165) is 16.3 Å². The van der Waals surface area contributed by atoms with E-state index in [1.54, 1.807) is 37.7 Å². The third-order valence-corrected chi connectivity index (χ3v) is 7.64. The Balaban J connectivity index is 1.60. The average molecular weight is 529 g/mol. The zero-order valence-corrected chi connectivity index (χ0v) is 21.8. The van der Waals surface area contributed by atoms with Crippen LogP contribution in [0.1, 0.15) is 31.0 Å². The number of benzene rings is 3. The highest BCUT2D eigenvalue weighted by atomic mass is 32.1. The van der Waals surface area contributed by atoms with Crippen molar-refractivity contribution in [1.29, 1.82) is 0 Å². The molecule has 0 N–H and O–H groups in total. The maximum atomic E-state index is 14.0. The van der Waals surface area contributed by atoms with Crippen LogP contribution in [0.5, 0.6) is 17.2 Å². The second-order valence-electron chi connectivity index (χ2n) is 8.82. The van der Waals surface area contributed by atoms with Gasteiger partial charge in [-0.1, -0.05) is 47.7 Å². The molecule has 1 unspecified atom stereocenters. The van der Waals surface area contributed by atoms with Crippen molar-refractivity contribution in [2.45, 2.75) is 19.9 Å². The van der Waals surface area contributed by atoms with Crippen LogP contribution in [0.15, 0.2) is 75.7 Å². The molecular weight excluding hydrogens is 504 g/mol. The molecule has 2 aliphatic heterocycles. The van der Waals surface area contributed by atoms with Crippen LogP contribution in [-0.2, 0) is 9.53 Å². The first-order chi connectivity index (χ1) is 18.5. The smallest absolute Gasteiger partial charge is 0.338 e. The topological polar surface area (TPSA) is 88.4 Å². The molecule has 2 aliphatic rings. The van der Waals surface area contributed by atoms with Gasteiger partial charge in [-0.25, -0.2) is 9.79 Å². The summed E-state index contributed by atoms with van der Waals surface area (Å²) in [5.74, 6) is 1.32. The number of hydrogen-bond acceptors (Lipinski definition) is 8. The first-order valence-electron chi connectivity index (χ1n) is 12.1. The van der Waals surface area contributed by atoms with E-state index in [9.17, 15) is 9.59 Å². The van der Waals surface area contributed by atoms with E-state index in [1.807, 2.05) is 48.5 Å². The maximum Gasteiger partial charge on any atom is 0.338 e. The number of esters is 1. The molecule has 0 aliphatic carbocycles. The van der Waals surface area contributed by atoms with Gasteiger partial charge >= 0.3 is 5.97 Å². The summed E-state index contributed by atoms with van der Waals surface area (Å²) >= 11 is 1.27. The summed E-state index contributed by atoms with van der Waals surface area (Å²) < 4.78 is 24.1. The van der Waals surface area contributed by atoms with E-state index >= 15 is 0 Å². The number of aromatic nitrogens is 1. The molecule has 6 rings (SSSR count). The quantitative estimate of drug-likeness (QED) is 0.367. The molecule has 38 heavy (non-hydrogen) atoms. The molecule has 0 amide bonds. The molecule has 1 aromatic heterocycles. The highest BCUT2D eigenvalue weighted by molar-refractivity contribution is 7.07. The first kappa shape index (κ1) is 24.0. The molecule has 0 spiro atoms. The number of allylic oxidation sites excluding steroid dienone is 1. The van der Waals surface area contributed by atoms with Crippen molar-refractivity contribution in [3.05, 3.63) is 96.7 Å². The van der Waals surface area contributed by atoms with Crippen LogP contribution in [-0.4, -0.2) is 31.0 Å². The van der Waals surface area contributed by atoms with Gasteiger partial charge in [-0.15, -0.1) is 0 Å². The number of thiazole rings is 1. The summed E-state index contributed by atoms with van der Waals surface area (Å²) in [6, 6.07) is 16.5. The molecule has 0 radical (unpaired) electrons. The van der Waals surface area contributed by atoms with Crippen LogP contribution in [0.2, 0.25) is 0 Å². The lowest BCUT2D eigenvalue weighted by Crippen LogP contribution is -2.39. The van der Waals surface area contributed by atoms with E-state index in [4.69, 9.17) is 18.9 Å². The van der Waals surface area contributed by atoms with E-state index in [2.05, 4.69) is 4.99 Å². The average Bonchev–Trinajstić information content (AvgIpc) is 3.51. The van der Waals surface area contributed by atoms with Crippen molar-refractivity contribution in [2.75, 3.05) is 20.5 Å². The van der Waals surface area contributed by atoms with Crippen molar-refractivity contribution < 1.29 is 23.7 Å². The molecule has 8 nitrogen and oxygen atoms in total. The summed E-state index contributed by atoms with van der Waals surface area (Å²) in [6.07, 6.45) is 1.84. The number of ether oxygens (including phenoxy) is 4. The molecule has 0 saturated carbocycles. The normalized spacial score (nSPS) is 16.4. The van der Waals surface area contributed by atoms with Gasteiger partial charge in [0.15, 0.2) is 16.3 Å². The molecular formula is C29H24N2O6S. The number of carbonyl (C=O) groups excluding carboxylic acids is 1. The Kier molecular flexibility index (Phi) is 6.00. The summed E-state index contributed by atoms with van der Waals surface area (Å²) in [4.78, 5) is 32.3. The summed E-state index contributed by atoms with van der Waals surface area (Å²) in [5.41, 5.74) is 2.05. The Labute approximate surface area is 221 Å². The number of carbonyl (C=O) groups is 1. The molecule has 0 saturated heterocycles. The Morgan fingerprint density at radius 3 is 2.79 bits per heavy atom. The second-order valence-corrected chi connectivity index (χ2v) is 9.83. The predicted octanol–water partition coefficient (Wildman–Crippen LogP) is 3.69. The molecule has 0 fully saturated rings. The Hall–Kier alpha value is -4.37. The zero-order valence-electron chi connectivity index (χ0n) is 21.0. The van der Waals surface area contributed by atoms with E-state index in [-0.39, 0.29) is 19.0 Å². The van der Waals surface area contributed by atoms with Gasteiger partial charge < -0.3 is 18.9 Å². The van der Waals surface area contributed by atoms with Crippen molar-refractivity contribution >= 4 is 34.2 Å². The van der Waals surface area contributed by atoms with Gasteiger partial charge in [0, 0.05) is 5.56 Å². The number of nitrogens with zero attached hydrogens (tertiary/aromatic N) is 2. The predicted molar refractivity (Wildman–Crippen MR) is 143 cm³/mol. The van der Waals surface area contributed by atoms with Crippen LogP contribution in [0, 0.1) is 0 Å². The number of rotatable bonds is 5. The van der Waals surface area contributed by atoms with Crippen LogP contribution in [0.25, 0.3) is 16.8 Å². The van der Waals surface area contributed by atoms with Crippen molar-refractivity contribution in [2.24, 2.45) is 4.99 Å². The lowest BCUT2D eigenvalue weighted by atomic mass is 9.95. The van der Waals surface area contributed by atoms with Gasteiger partial charge in [-0.2, -0.15) is 0 Å². The Bertz CT molecular complexity index is 1820. The summed E-state index contributed by atoms with van der Waals surface area (Å²) in [5, 5.41) is 2.00. The fourth-order valence-electron chi connectivity index (χ4n) is 4.92. The van der Waals surface area contributed by atoms with Gasteiger partial charge in [-0.05, 0) is 54.5 Å². The van der Waals surface area contributed by atoms with Crippen molar-refractivity contribution in [3.8, 4) is 17.2 Å². The van der Waals surface area contributed by atoms with Crippen molar-refractivity contribution in [3.63, 3.8) is 0 Å². The number of fused-ring (bicyclic) bond motifs is 3. The Morgan fingerprint density at radius 1 is 1.16 bits per heavy atom. The van der Waals surface area contributed by atoms with Crippen molar-refractivity contribution in [1.82, 2.24) is 4.57 Å². The molecule has 0 bridgehead atoms. The third-order valence-electron chi connectivity index (χ3n) is 6.66. The van der Waals surface area contributed by atoms with Gasteiger partial charge in [0.1, 0.15) is 5.75 Å². The van der Waals surface area contributed by atoms with Crippen LogP contribution >= 0.6 is 11.3 Å². The highest BCUT2D eigenvalue weighted by Crippen LogP contribution is 2.38. The zero-order chi connectivity index (χ0) is 26.4. The summed E-state index contributed by atoms with van der Waals surface area (Å²) in [6.45, 7) is 3.83. The molecule has 3 heterocycles. The lowest BCUT2D eigenvalue weighted by molar-refractivity contribution is -0.139. The van der Waals surface area contributed by atoms with Crippen LogP contribution in [0.4, 0.5) is 0 Å². The standard InChI is InChI=1S/C29H24N2O6S/c1-4-35-28(33)25-16(2)30-29-31(26(25)18-10-12-22-23(13-18)37-15-36-22)27(32)24(38-29)14-20-19-8-6-5-7-17(19)9-11-21(20)34-3/h5-14,26H,4,15H2,1-3H3. The summed E-state index contributed by atoms with van der Waals surface area (Å²) in [7, 11) is 1.61. The third kappa shape index (κ3) is 3.86. The number of hydrogen-bond donors (Lipinski definition) is 0. The minimum Gasteiger partial charge on any atom is -0.496 e. The molecule has 192 valence electrons. The highest BCUT2D eigenvalue weighted by Gasteiger charge is 2.34. The molecule has 1 atom stereocenters. The minimum absolute atomic E-state index is 0.119. The second kappa shape index (κ2) is 9.50. The Morgan fingerprint density at radius 2 is 1.97 bits per heavy atom. The fourth-order valence-corrected chi connectivity index (χ4v) is 5.95. The molecule has 3 aromatic carbocycles. The van der Waals surface area contributed by atoms with Gasteiger partial charge in [-0.3, -0.25) is 9.36 Å². The van der Waals surface area contributed by atoms with Gasteiger partial charge in [0.2, 0.25) is 6.79 Å². The largest absolute Gasteiger partial charge is 0.496 e. The number of methoxy groups -OCH3 is 1. The van der Waals surface area contributed by atoms with E-state index in [1.165, 1.54) is 11.3 Å². The lowest BCUT2D eigenvalue weighted by Gasteiger charge is -2.24. The van der Waals surface area contributed by atoms with Crippen LogP contribution in [0.3, 0.4) is 0 Å². The monoisotopic (exact) mass is 528 g/mol. The van der Waals surface area contributed by atoms with E-state index < -0.39 is 12.0 Å². The van der Waals surface area contributed by atoms with Gasteiger partial charge in [0.05, 0.1) is 35.6 Å². The van der Waals surface area contributed by atoms with Crippen LogP contribution < -0.4 is 29.1 Å². The maximum absolute atomic E-state index is 14.0. The molecule has 4 aromatic rings. The fraction of sp³-hybridized carbons (Fsp3) is 0.207.